The van der Waals surface area contributed by atoms with Gasteiger partial charge in [-0.15, -0.1) is 0 Å². The Hall–Kier alpha value is -4.50. The van der Waals surface area contributed by atoms with Gasteiger partial charge in [-0.2, -0.15) is 0 Å². The zero-order chi connectivity index (χ0) is 26.9. The highest BCUT2D eigenvalue weighted by Crippen LogP contribution is 2.36. The molecule has 0 N–H and O–H groups in total. The van der Waals surface area contributed by atoms with E-state index in [9.17, 15) is 4.79 Å². The molecular formula is C29H25ClN6O3. The summed E-state index contributed by atoms with van der Waals surface area (Å²) in [6.45, 7) is 6.77. The van der Waals surface area contributed by atoms with Gasteiger partial charge in [0.1, 0.15) is 29.7 Å². The Balaban J connectivity index is 1.27. The highest BCUT2D eigenvalue weighted by molar-refractivity contribution is 6.32. The van der Waals surface area contributed by atoms with E-state index in [1.165, 1.54) is 6.08 Å². The molecule has 0 bridgehead atoms. The molecule has 4 heterocycles. The summed E-state index contributed by atoms with van der Waals surface area (Å²) in [7, 11) is 0. The average Bonchev–Trinajstić information content (AvgIpc) is 3.33. The second kappa shape index (κ2) is 10.3. The monoisotopic (exact) mass is 540 g/mol. The number of carbonyl (C=O) groups excluding carboxylic acids is 1. The number of ether oxygens (including phenoxy) is 2. The molecule has 1 fully saturated rings. The number of amides is 1. The third kappa shape index (κ3) is 4.88. The highest BCUT2D eigenvalue weighted by atomic mass is 35.5. The van der Waals surface area contributed by atoms with Gasteiger partial charge in [0.25, 0.3) is 0 Å². The van der Waals surface area contributed by atoms with Gasteiger partial charge in [-0.05, 0) is 43.3 Å². The Bertz CT molecular complexity index is 1710. The summed E-state index contributed by atoms with van der Waals surface area (Å²) in [5.41, 5.74) is 3.87. The van der Waals surface area contributed by atoms with E-state index in [0.717, 1.165) is 46.3 Å². The summed E-state index contributed by atoms with van der Waals surface area (Å²) < 4.78 is 14.5. The average molecular weight is 541 g/mol. The summed E-state index contributed by atoms with van der Waals surface area (Å²) in [6.07, 6.45) is 9.55. The molecule has 1 aliphatic rings. The van der Waals surface area contributed by atoms with Crippen LogP contribution in [0.2, 0.25) is 5.02 Å². The zero-order valence-corrected chi connectivity index (χ0v) is 22.0. The van der Waals surface area contributed by atoms with Crippen LogP contribution in [0, 0.1) is 6.92 Å². The third-order valence-corrected chi connectivity index (χ3v) is 7.12. The number of hydrogen-bond acceptors (Lipinski definition) is 7. The summed E-state index contributed by atoms with van der Waals surface area (Å²) in [6, 6.07) is 11.1. The van der Waals surface area contributed by atoms with Crippen molar-refractivity contribution in [2.75, 3.05) is 13.1 Å². The standard InChI is InChI=1S/C29H25ClN6O3/c1-3-27(37)35-12-8-20(9-13-35)38-26-16-36(29-28(26)18(2)33-17-34-29)19-4-7-25(22(30)14-19)39-21-5-6-23-24(15-21)32-11-10-31-23/h3-7,10-11,14-17,20H,1,8-9,12-13H2,2H3. The molecule has 1 aliphatic heterocycles. The molecule has 39 heavy (non-hydrogen) atoms. The van der Waals surface area contributed by atoms with E-state index in [0.29, 0.717) is 35.4 Å². The Morgan fingerprint density at radius 2 is 1.82 bits per heavy atom. The van der Waals surface area contributed by atoms with Crippen LogP contribution in [0.5, 0.6) is 17.2 Å². The quantitative estimate of drug-likeness (QED) is 0.256. The number of piperidine rings is 1. The molecule has 0 saturated carbocycles. The second-order valence-corrected chi connectivity index (χ2v) is 9.70. The highest BCUT2D eigenvalue weighted by Gasteiger charge is 2.25. The van der Waals surface area contributed by atoms with Crippen LogP contribution in [0.3, 0.4) is 0 Å². The molecule has 0 atom stereocenters. The van der Waals surface area contributed by atoms with Gasteiger partial charge in [0.15, 0.2) is 5.65 Å². The molecule has 0 unspecified atom stereocenters. The van der Waals surface area contributed by atoms with Gasteiger partial charge in [-0.25, -0.2) is 9.97 Å². The second-order valence-electron chi connectivity index (χ2n) is 9.29. The first-order valence-electron chi connectivity index (χ1n) is 12.6. The van der Waals surface area contributed by atoms with Crippen LogP contribution in [0.4, 0.5) is 0 Å². The number of likely N-dealkylation sites (tertiary alicyclic amines) is 1. The number of nitrogens with zero attached hydrogens (tertiary/aromatic N) is 6. The minimum Gasteiger partial charge on any atom is -0.488 e. The van der Waals surface area contributed by atoms with Gasteiger partial charge >= 0.3 is 0 Å². The van der Waals surface area contributed by atoms with E-state index in [-0.39, 0.29) is 12.0 Å². The summed E-state index contributed by atoms with van der Waals surface area (Å²) in [5, 5.41) is 1.29. The van der Waals surface area contributed by atoms with Crippen LogP contribution in [0.1, 0.15) is 18.5 Å². The van der Waals surface area contributed by atoms with Crippen molar-refractivity contribution < 1.29 is 14.3 Å². The van der Waals surface area contributed by atoms with Gasteiger partial charge in [-0.1, -0.05) is 18.2 Å². The Kier molecular flexibility index (Phi) is 6.58. The molecule has 0 aliphatic carbocycles. The van der Waals surface area contributed by atoms with Crippen LogP contribution >= 0.6 is 11.6 Å². The molecule has 1 amide bonds. The Morgan fingerprint density at radius 1 is 1.03 bits per heavy atom. The third-order valence-electron chi connectivity index (χ3n) is 6.82. The molecule has 0 spiro atoms. The number of aromatic nitrogens is 5. The number of rotatable bonds is 6. The number of carbonyl (C=O) groups is 1. The first-order chi connectivity index (χ1) is 19.0. The zero-order valence-electron chi connectivity index (χ0n) is 21.2. The summed E-state index contributed by atoms with van der Waals surface area (Å²) in [4.78, 5) is 31.3. The van der Waals surface area contributed by atoms with E-state index >= 15 is 0 Å². The van der Waals surface area contributed by atoms with Crippen molar-refractivity contribution in [3.8, 4) is 22.9 Å². The molecule has 0 radical (unpaired) electrons. The topological polar surface area (TPSA) is 95.3 Å². The van der Waals surface area contributed by atoms with Gasteiger partial charge < -0.3 is 14.4 Å². The number of fused-ring (bicyclic) bond motifs is 2. The predicted octanol–water partition coefficient (Wildman–Crippen LogP) is 5.67. The van der Waals surface area contributed by atoms with Crippen LogP contribution in [-0.2, 0) is 4.79 Å². The predicted molar refractivity (Wildman–Crippen MR) is 149 cm³/mol. The first-order valence-corrected chi connectivity index (χ1v) is 13.0. The van der Waals surface area contributed by atoms with Crippen molar-refractivity contribution in [2.24, 2.45) is 0 Å². The fourth-order valence-corrected chi connectivity index (χ4v) is 5.03. The smallest absolute Gasteiger partial charge is 0.245 e. The minimum absolute atomic E-state index is 0.0245. The Labute approximate surface area is 229 Å². The molecule has 6 rings (SSSR count). The van der Waals surface area contributed by atoms with Crippen molar-refractivity contribution in [1.29, 1.82) is 0 Å². The molecule has 2 aromatic carbocycles. The molecule has 5 aromatic rings. The van der Waals surface area contributed by atoms with Gasteiger partial charge in [0.05, 0.1) is 33.3 Å². The lowest BCUT2D eigenvalue weighted by molar-refractivity contribution is -0.127. The van der Waals surface area contributed by atoms with Crippen molar-refractivity contribution in [3.63, 3.8) is 0 Å². The van der Waals surface area contributed by atoms with Crippen molar-refractivity contribution in [2.45, 2.75) is 25.9 Å². The number of benzene rings is 2. The van der Waals surface area contributed by atoms with E-state index in [1.807, 2.05) is 54.1 Å². The minimum atomic E-state index is -0.0482. The van der Waals surface area contributed by atoms with Gasteiger partial charge in [-0.3, -0.25) is 19.3 Å². The largest absolute Gasteiger partial charge is 0.488 e. The van der Waals surface area contributed by atoms with E-state index in [4.69, 9.17) is 21.1 Å². The van der Waals surface area contributed by atoms with Crippen LogP contribution in [0.15, 0.2) is 74.0 Å². The maximum absolute atomic E-state index is 11.9. The van der Waals surface area contributed by atoms with Crippen LogP contribution < -0.4 is 9.47 Å². The lowest BCUT2D eigenvalue weighted by atomic mass is 10.1. The van der Waals surface area contributed by atoms with Crippen molar-refractivity contribution in [3.05, 3.63) is 84.7 Å². The molecule has 1 saturated heterocycles. The van der Waals surface area contributed by atoms with E-state index < -0.39 is 0 Å². The lowest BCUT2D eigenvalue weighted by Crippen LogP contribution is -2.41. The SMILES string of the molecule is C=CC(=O)N1CCC(Oc2cn(-c3ccc(Oc4ccc5nccnc5c4)c(Cl)c3)c3ncnc(C)c23)CC1. The van der Waals surface area contributed by atoms with E-state index in [2.05, 4.69) is 26.5 Å². The molecule has 10 heteroatoms. The van der Waals surface area contributed by atoms with Crippen LogP contribution in [0.25, 0.3) is 27.8 Å². The fraction of sp³-hybridized carbons (Fsp3) is 0.207. The first kappa shape index (κ1) is 24.8. The van der Waals surface area contributed by atoms with Crippen molar-refractivity contribution >= 4 is 39.6 Å². The lowest BCUT2D eigenvalue weighted by Gasteiger charge is -2.31. The van der Waals surface area contributed by atoms with Crippen LogP contribution in [-0.4, -0.2) is 54.5 Å². The van der Waals surface area contributed by atoms with Gasteiger partial charge in [0, 0.05) is 50.1 Å². The molecule has 3 aromatic heterocycles. The fourth-order valence-electron chi connectivity index (χ4n) is 4.82. The maximum atomic E-state index is 11.9. The van der Waals surface area contributed by atoms with E-state index in [1.54, 1.807) is 23.6 Å². The number of halogens is 1. The Morgan fingerprint density at radius 3 is 2.59 bits per heavy atom. The normalized spacial score (nSPS) is 14.1. The number of aryl methyl sites for hydroxylation is 1. The molecule has 9 nitrogen and oxygen atoms in total. The summed E-state index contributed by atoms with van der Waals surface area (Å²) >= 11 is 6.67. The van der Waals surface area contributed by atoms with Crippen molar-refractivity contribution in [1.82, 2.24) is 29.4 Å². The number of hydrogen-bond donors (Lipinski definition) is 0. The maximum Gasteiger partial charge on any atom is 0.245 e. The molecular weight excluding hydrogens is 516 g/mol. The molecule has 196 valence electrons. The summed E-state index contributed by atoms with van der Waals surface area (Å²) in [5.74, 6) is 1.78. The van der Waals surface area contributed by atoms with Gasteiger partial charge in [0.2, 0.25) is 5.91 Å².